The number of benzene rings is 1. The van der Waals surface area contributed by atoms with Gasteiger partial charge in [-0.2, -0.15) is 5.10 Å². The van der Waals surface area contributed by atoms with E-state index in [1.54, 1.807) is 7.05 Å². The Morgan fingerprint density at radius 1 is 1.00 bits per heavy atom. The van der Waals surface area contributed by atoms with Crippen LogP contribution in [-0.2, 0) is 4.74 Å². The zero-order valence-corrected chi connectivity index (χ0v) is 22.4. The molecule has 0 radical (unpaired) electrons. The maximum absolute atomic E-state index is 11.7. The summed E-state index contributed by atoms with van der Waals surface area (Å²) in [5, 5.41) is 13.3. The molecule has 2 saturated heterocycles. The first kappa shape index (κ1) is 25.0. The van der Waals surface area contributed by atoms with Gasteiger partial charge < -0.3 is 20.3 Å². The summed E-state index contributed by atoms with van der Waals surface area (Å²) in [4.78, 5) is 24.2. The molecule has 4 heterocycles. The summed E-state index contributed by atoms with van der Waals surface area (Å²) in [6.45, 7) is 1.67. The second-order valence-corrected chi connectivity index (χ2v) is 10.9. The number of urea groups is 1. The van der Waals surface area contributed by atoms with Crippen LogP contribution in [0.5, 0.6) is 0 Å². The average molecular weight is 520 g/mol. The Morgan fingerprint density at radius 2 is 1.71 bits per heavy atom. The fraction of sp³-hybridized carbons (Fsp3) is 0.556. The molecule has 3 N–H and O–H groups in total. The van der Waals surface area contributed by atoms with Gasteiger partial charge in [0.05, 0.1) is 29.8 Å². The summed E-state index contributed by atoms with van der Waals surface area (Å²) in [6.07, 6.45) is 8.97. The number of anilines is 2. The van der Waals surface area contributed by atoms with E-state index >= 15 is 0 Å². The predicted octanol–water partition coefficient (Wildman–Crippen LogP) is 3.16. The largest absolute Gasteiger partial charge is 0.371 e. The molecule has 6 rings (SSSR count). The summed E-state index contributed by atoms with van der Waals surface area (Å²) in [5.74, 6) is 1.61. The molecule has 1 aromatic carbocycles. The fourth-order valence-electron chi connectivity index (χ4n) is 6.05. The second kappa shape index (κ2) is 10.5. The van der Waals surface area contributed by atoms with E-state index in [2.05, 4.69) is 25.6 Å². The van der Waals surface area contributed by atoms with Crippen molar-refractivity contribution in [3.63, 3.8) is 0 Å². The van der Waals surface area contributed by atoms with Gasteiger partial charge in [0, 0.05) is 51.5 Å². The number of amides is 2. The fourth-order valence-corrected chi connectivity index (χ4v) is 6.05. The molecule has 11 heteroatoms. The van der Waals surface area contributed by atoms with Crippen LogP contribution in [0.1, 0.15) is 44.6 Å². The van der Waals surface area contributed by atoms with Crippen LogP contribution in [-0.4, -0.2) is 83.3 Å². The minimum absolute atomic E-state index is 0.251. The van der Waals surface area contributed by atoms with Crippen LogP contribution in [0.25, 0.3) is 22.4 Å². The number of nitrogens with zero attached hydrogens (tertiary/aromatic N) is 6. The third kappa shape index (κ3) is 5.05. The lowest BCUT2D eigenvalue weighted by Gasteiger charge is -2.33. The van der Waals surface area contributed by atoms with Crippen LogP contribution >= 0.6 is 0 Å². The number of hydrogen-bond donors (Lipinski definition) is 3. The molecule has 1 saturated carbocycles. The standard InChI is InChI=1S/C27H37N9O2/c1-28-27(37)30-18-6-4-17(5-7-18)24-31-25(35-15-21-12-13-22(16-35)38-21)23-14-29-36(26(23)32-24)20-10-8-19(9-11-20)33-34(2)3/h4-7,14,19-22,33H,8-13,15-16H2,1-3H3,(H2,28,30,37). The van der Waals surface area contributed by atoms with Gasteiger partial charge in [0.1, 0.15) is 5.82 Å². The lowest BCUT2D eigenvalue weighted by molar-refractivity contribution is 0.0303. The highest BCUT2D eigenvalue weighted by atomic mass is 16.5. The van der Waals surface area contributed by atoms with Crippen LogP contribution in [0.2, 0.25) is 0 Å². The van der Waals surface area contributed by atoms with E-state index in [1.165, 1.54) is 0 Å². The maximum Gasteiger partial charge on any atom is 0.318 e. The molecule has 2 aromatic heterocycles. The Morgan fingerprint density at radius 3 is 2.37 bits per heavy atom. The van der Waals surface area contributed by atoms with Crippen LogP contribution in [0.4, 0.5) is 16.3 Å². The van der Waals surface area contributed by atoms with E-state index in [-0.39, 0.29) is 18.2 Å². The normalized spacial score (nSPS) is 25.2. The Hall–Kier alpha value is -3.28. The van der Waals surface area contributed by atoms with Crippen LogP contribution < -0.4 is 21.0 Å². The Bertz CT molecular complexity index is 1270. The summed E-state index contributed by atoms with van der Waals surface area (Å²) >= 11 is 0. The van der Waals surface area contributed by atoms with Crippen molar-refractivity contribution in [3.05, 3.63) is 30.5 Å². The van der Waals surface area contributed by atoms with E-state index in [0.717, 1.165) is 74.0 Å². The van der Waals surface area contributed by atoms with Gasteiger partial charge in [-0.05, 0) is 62.8 Å². The number of morpholine rings is 1. The smallest absolute Gasteiger partial charge is 0.318 e. The molecule has 2 amide bonds. The molecular formula is C27H37N9O2. The molecule has 38 heavy (non-hydrogen) atoms. The molecule has 0 spiro atoms. The minimum Gasteiger partial charge on any atom is -0.371 e. The van der Waals surface area contributed by atoms with Gasteiger partial charge in [-0.25, -0.2) is 19.4 Å². The topological polar surface area (TPSA) is 112 Å². The molecule has 3 fully saturated rings. The number of hydrogen-bond acceptors (Lipinski definition) is 8. The first-order chi connectivity index (χ1) is 18.5. The molecule has 3 aliphatic rings. The quantitative estimate of drug-likeness (QED) is 0.426. The van der Waals surface area contributed by atoms with Crippen molar-refractivity contribution < 1.29 is 9.53 Å². The monoisotopic (exact) mass is 519 g/mol. The predicted molar refractivity (Wildman–Crippen MR) is 147 cm³/mol. The van der Waals surface area contributed by atoms with Gasteiger partial charge in [0.25, 0.3) is 0 Å². The van der Waals surface area contributed by atoms with Gasteiger partial charge in [-0.3, -0.25) is 10.4 Å². The highest BCUT2D eigenvalue weighted by Gasteiger charge is 2.36. The maximum atomic E-state index is 11.7. The van der Waals surface area contributed by atoms with Gasteiger partial charge in [0.15, 0.2) is 11.5 Å². The Labute approximate surface area is 222 Å². The van der Waals surface area contributed by atoms with E-state index in [1.807, 2.05) is 49.6 Å². The molecule has 2 bridgehead atoms. The molecule has 202 valence electrons. The van der Waals surface area contributed by atoms with Crippen LogP contribution in [0, 0.1) is 0 Å². The molecule has 2 atom stereocenters. The van der Waals surface area contributed by atoms with Gasteiger partial charge in [0.2, 0.25) is 0 Å². The van der Waals surface area contributed by atoms with Crippen molar-refractivity contribution in [1.82, 2.24) is 35.5 Å². The summed E-state index contributed by atoms with van der Waals surface area (Å²) in [6, 6.07) is 8.22. The minimum atomic E-state index is -0.251. The van der Waals surface area contributed by atoms with Crippen molar-refractivity contribution in [2.45, 2.75) is 62.8 Å². The number of hydrazine groups is 1. The molecule has 3 aromatic rings. The number of carbonyl (C=O) groups excluding carboxylic acids is 1. The third-order valence-corrected chi connectivity index (χ3v) is 7.89. The molecule has 11 nitrogen and oxygen atoms in total. The van der Waals surface area contributed by atoms with Crippen molar-refractivity contribution in [2.24, 2.45) is 0 Å². The van der Waals surface area contributed by atoms with E-state index in [0.29, 0.717) is 23.6 Å². The van der Waals surface area contributed by atoms with Crippen molar-refractivity contribution >= 4 is 28.6 Å². The van der Waals surface area contributed by atoms with Gasteiger partial charge >= 0.3 is 6.03 Å². The first-order valence-corrected chi connectivity index (χ1v) is 13.6. The number of rotatable bonds is 6. The van der Waals surface area contributed by atoms with E-state index < -0.39 is 0 Å². The van der Waals surface area contributed by atoms with Crippen LogP contribution in [0.3, 0.4) is 0 Å². The van der Waals surface area contributed by atoms with E-state index in [4.69, 9.17) is 19.8 Å². The highest BCUT2D eigenvalue weighted by Crippen LogP contribution is 2.36. The lowest BCUT2D eigenvalue weighted by Crippen LogP contribution is -2.43. The van der Waals surface area contributed by atoms with Crippen molar-refractivity contribution in [1.29, 1.82) is 0 Å². The molecule has 2 unspecified atom stereocenters. The molecule has 1 aliphatic carbocycles. The molecule has 2 aliphatic heterocycles. The first-order valence-electron chi connectivity index (χ1n) is 13.6. The van der Waals surface area contributed by atoms with Gasteiger partial charge in [-0.1, -0.05) is 0 Å². The Balaban J connectivity index is 1.35. The highest BCUT2D eigenvalue weighted by molar-refractivity contribution is 5.90. The third-order valence-electron chi connectivity index (χ3n) is 7.89. The average Bonchev–Trinajstić information content (AvgIpc) is 3.50. The van der Waals surface area contributed by atoms with Crippen molar-refractivity contribution in [3.8, 4) is 11.4 Å². The van der Waals surface area contributed by atoms with E-state index in [9.17, 15) is 4.79 Å². The number of fused-ring (bicyclic) bond motifs is 3. The Kier molecular flexibility index (Phi) is 6.89. The van der Waals surface area contributed by atoms with Gasteiger partial charge in [-0.15, -0.1) is 0 Å². The number of carbonyl (C=O) groups is 1. The summed E-state index contributed by atoms with van der Waals surface area (Å²) in [5.41, 5.74) is 6.04. The summed E-state index contributed by atoms with van der Waals surface area (Å²) < 4.78 is 8.24. The number of aromatic nitrogens is 4. The zero-order chi connectivity index (χ0) is 26.2. The van der Waals surface area contributed by atoms with Crippen LogP contribution in [0.15, 0.2) is 30.5 Å². The SMILES string of the molecule is CNC(=O)Nc1ccc(-c2nc(N3CC4CCC(C3)O4)c3cnn(C4CCC(NN(C)C)CC4)c3n2)cc1. The lowest BCUT2D eigenvalue weighted by atomic mass is 9.91. The van der Waals surface area contributed by atoms with Crippen molar-refractivity contribution in [2.75, 3.05) is 44.4 Å². The molecular weight excluding hydrogens is 482 g/mol. The number of nitrogens with one attached hydrogen (secondary N) is 3. The number of ether oxygens (including phenoxy) is 1. The second-order valence-electron chi connectivity index (χ2n) is 10.9. The summed E-state index contributed by atoms with van der Waals surface area (Å²) in [7, 11) is 5.69. The zero-order valence-electron chi connectivity index (χ0n) is 22.4.